The van der Waals surface area contributed by atoms with Gasteiger partial charge in [-0.05, 0) is 59.2 Å². The first kappa shape index (κ1) is 35.4. The van der Waals surface area contributed by atoms with Crippen molar-refractivity contribution in [3.8, 4) is 5.75 Å². The predicted molar refractivity (Wildman–Crippen MR) is 164 cm³/mol. The standard InChI is InChI=1S/C30H46N6O9/c1-29(2,3)44-26(39)33-22(25(37)38)15-19-7-9-20(10-8-19)42-18-21-16-36(28(41)43-21)23(17-35-13-11-32-12-14-35)24(31)34-27(40)45-30(4,5)6/h7-10,21-23,32H,11-18H2,1-6H3,(H,33,39)(H,37,38)(H2,31,34,40). The molecule has 1 aromatic rings. The molecule has 5 N–H and O–H groups in total. The molecule has 2 heterocycles. The van der Waals surface area contributed by atoms with Gasteiger partial charge < -0.3 is 40.4 Å². The van der Waals surface area contributed by atoms with Gasteiger partial charge in [-0.3, -0.25) is 9.80 Å². The van der Waals surface area contributed by atoms with Gasteiger partial charge in [-0.25, -0.2) is 19.2 Å². The third-order valence-electron chi connectivity index (χ3n) is 6.66. The minimum Gasteiger partial charge on any atom is -0.490 e. The molecule has 15 heteroatoms. The lowest BCUT2D eigenvalue weighted by Crippen LogP contribution is -2.55. The number of aliphatic imine (C=N–C) groups is 1. The van der Waals surface area contributed by atoms with E-state index >= 15 is 0 Å². The summed E-state index contributed by atoms with van der Waals surface area (Å²) >= 11 is 0. The van der Waals surface area contributed by atoms with Gasteiger partial charge in [-0.2, -0.15) is 4.99 Å². The second kappa shape index (κ2) is 15.3. The van der Waals surface area contributed by atoms with Crippen molar-refractivity contribution in [3.05, 3.63) is 29.8 Å². The number of piperazine rings is 1. The van der Waals surface area contributed by atoms with Crippen molar-refractivity contribution >= 4 is 30.1 Å². The number of carboxylic acid groups (broad SMARTS) is 1. The lowest BCUT2D eigenvalue weighted by atomic mass is 10.1. The highest BCUT2D eigenvalue weighted by Crippen LogP contribution is 2.20. The highest BCUT2D eigenvalue weighted by molar-refractivity contribution is 5.96. The van der Waals surface area contributed by atoms with E-state index in [9.17, 15) is 24.3 Å². The summed E-state index contributed by atoms with van der Waals surface area (Å²) < 4.78 is 21.9. The van der Waals surface area contributed by atoms with Crippen LogP contribution in [0.15, 0.2) is 29.3 Å². The lowest BCUT2D eigenvalue weighted by molar-refractivity contribution is -0.139. The van der Waals surface area contributed by atoms with Crippen molar-refractivity contribution in [2.24, 2.45) is 10.7 Å². The fraction of sp³-hybridized carbons (Fsp3) is 0.633. The smallest absolute Gasteiger partial charge is 0.435 e. The number of carbonyl (C=O) groups excluding carboxylic acids is 3. The van der Waals surface area contributed by atoms with E-state index in [4.69, 9.17) is 24.7 Å². The Kier molecular flexibility index (Phi) is 12.0. The summed E-state index contributed by atoms with van der Waals surface area (Å²) in [5, 5.41) is 15.2. The molecule has 15 nitrogen and oxygen atoms in total. The molecule has 2 saturated heterocycles. The topological polar surface area (TPSA) is 194 Å². The number of benzene rings is 1. The Balaban J connectivity index is 1.61. The maximum atomic E-state index is 13.0. The zero-order valence-corrected chi connectivity index (χ0v) is 26.8. The van der Waals surface area contributed by atoms with Crippen molar-refractivity contribution in [1.29, 1.82) is 0 Å². The SMILES string of the molecule is CC(C)(C)OC(=O)N=C(N)C(CN1CCNCC1)N1CC(COc2ccc(CC(NC(=O)OC(C)(C)C)C(=O)O)cc2)OC1=O. The molecule has 0 spiro atoms. The number of nitrogens with one attached hydrogen (secondary N) is 2. The molecular formula is C30H46N6O9. The maximum absolute atomic E-state index is 13.0. The summed E-state index contributed by atoms with van der Waals surface area (Å²) in [6.45, 7) is 13.9. The van der Waals surface area contributed by atoms with Gasteiger partial charge in [-0.15, -0.1) is 0 Å². The van der Waals surface area contributed by atoms with Crippen LogP contribution >= 0.6 is 0 Å². The average molecular weight is 635 g/mol. The number of carbonyl (C=O) groups is 4. The van der Waals surface area contributed by atoms with Crippen molar-refractivity contribution < 1.29 is 43.2 Å². The Morgan fingerprint density at radius 2 is 1.71 bits per heavy atom. The van der Waals surface area contributed by atoms with Crippen molar-refractivity contribution in [2.75, 3.05) is 45.9 Å². The van der Waals surface area contributed by atoms with Crippen LogP contribution in [0.2, 0.25) is 0 Å². The number of amides is 3. The molecule has 2 aliphatic heterocycles. The van der Waals surface area contributed by atoms with Crippen LogP contribution in [0.1, 0.15) is 47.1 Å². The van der Waals surface area contributed by atoms with Gasteiger partial charge in [0.15, 0.2) is 6.10 Å². The first-order valence-corrected chi connectivity index (χ1v) is 14.9. The third-order valence-corrected chi connectivity index (χ3v) is 6.66. The Labute approximate surface area is 263 Å². The second-order valence-electron chi connectivity index (χ2n) is 12.9. The monoisotopic (exact) mass is 634 g/mol. The summed E-state index contributed by atoms with van der Waals surface area (Å²) in [6.07, 6.45) is -2.84. The van der Waals surface area contributed by atoms with Crippen LogP contribution in [0.5, 0.6) is 5.75 Å². The summed E-state index contributed by atoms with van der Waals surface area (Å²) in [4.78, 5) is 56.6. The van der Waals surface area contributed by atoms with Crippen LogP contribution < -0.4 is 21.1 Å². The number of amidine groups is 1. The Bertz CT molecular complexity index is 1220. The van der Waals surface area contributed by atoms with Crippen LogP contribution in [0.4, 0.5) is 14.4 Å². The number of alkyl carbamates (subject to hydrolysis) is 1. The van der Waals surface area contributed by atoms with Gasteiger partial charge in [0.1, 0.15) is 41.5 Å². The quantitative estimate of drug-likeness (QED) is 0.157. The summed E-state index contributed by atoms with van der Waals surface area (Å²) in [5.41, 5.74) is 5.43. The van der Waals surface area contributed by atoms with E-state index in [1.54, 1.807) is 65.8 Å². The molecule has 1 aromatic carbocycles. The molecule has 250 valence electrons. The van der Waals surface area contributed by atoms with Gasteiger partial charge in [0, 0.05) is 39.1 Å². The fourth-order valence-electron chi connectivity index (χ4n) is 4.63. The average Bonchev–Trinajstić information content (AvgIpc) is 3.29. The number of nitrogens with two attached hydrogens (primary N) is 1. The molecule has 0 bridgehead atoms. The van der Waals surface area contributed by atoms with Crippen molar-refractivity contribution in [3.63, 3.8) is 0 Å². The van der Waals surface area contributed by atoms with E-state index < -0.39 is 53.6 Å². The third kappa shape index (κ3) is 12.1. The largest absolute Gasteiger partial charge is 0.490 e. The minimum atomic E-state index is -1.19. The number of aliphatic carboxylic acids is 1. The molecule has 0 saturated carbocycles. The minimum absolute atomic E-state index is 0.0325. The summed E-state index contributed by atoms with van der Waals surface area (Å²) in [6, 6.07) is 4.79. The zero-order valence-electron chi connectivity index (χ0n) is 26.8. The van der Waals surface area contributed by atoms with Crippen molar-refractivity contribution in [1.82, 2.24) is 20.4 Å². The van der Waals surface area contributed by atoms with Crippen LogP contribution in [0.3, 0.4) is 0 Å². The first-order chi connectivity index (χ1) is 21.0. The lowest BCUT2D eigenvalue weighted by Gasteiger charge is -2.33. The highest BCUT2D eigenvalue weighted by atomic mass is 16.6. The molecule has 0 aliphatic carbocycles. The van der Waals surface area contributed by atoms with Gasteiger partial charge in [0.05, 0.1) is 6.54 Å². The number of ether oxygens (including phenoxy) is 4. The number of hydrogen-bond acceptors (Lipinski definition) is 10. The van der Waals surface area contributed by atoms with E-state index in [-0.39, 0.29) is 25.4 Å². The Morgan fingerprint density at radius 1 is 1.09 bits per heavy atom. The van der Waals surface area contributed by atoms with Crippen LogP contribution in [-0.2, 0) is 25.4 Å². The number of hydrogen-bond donors (Lipinski definition) is 4. The van der Waals surface area contributed by atoms with E-state index in [0.29, 0.717) is 17.9 Å². The predicted octanol–water partition coefficient (Wildman–Crippen LogP) is 1.97. The zero-order chi connectivity index (χ0) is 33.4. The van der Waals surface area contributed by atoms with Crippen LogP contribution in [0, 0.1) is 0 Å². The molecule has 2 fully saturated rings. The molecular weight excluding hydrogens is 588 g/mol. The van der Waals surface area contributed by atoms with E-state index in [1.807, 2.05) is 0 Å². The summed E-state index contributed by atoms with van der Waals surface area (Å²) in [7, 11) is 0. The molecule has 3 rings (SSSR count). The fourth-order valence-corrected chi connectivity index (χ4v) is 4.63. The maximum Gasteiger partial charge on any atom is 0.435 e. The Hall–Kier alpha value is -4.11. The van der Waals surface area contributed by atoms with Gasteiger partial charge in [0.2, 0.25) is 0 Å². The first-order valence-electron chi connectivity index (χ1n) is 14.9. The van der Waals surface area contributed by atoms with E-state index in [0.717, 1.165) is 26.2 Å². The number of nitrogens with zero attached hydrogens (tertiary/aromatic N) is 3. The highest BCUT2D eigenvalue weighted by Gasteiger charge is 2.39. The Morgan fingerprint density at radius 3 is 2.29 bits per heavy atom. The van der Waals surface area contributed by atoms with Crippen LogP contribution in [0.25, 0.3) is 0 Å². The van der Waals surface area contributed by atoms with Crippen LogP contribution in [-0.4, -0.2) is 120 Å². The van der Waals surface area contributed by atoms with Crippen molar-refractivity contribution in [2.45, 2.75) is 77.4 Å². The molecule has 2 aliphatic rings. The number of carboxylic acids is 1. The molecule has 3 amide bonds. The summed E-state index contributed by atoms with van der Waals surface area (Å²) in [5.74, 6) is -0.762. The second-order valence-corrected chi connectivity index (χ2v) is 12.9. The van der Waals surface area contributed by atoms with Gasteiger partial charge in [-0.1, -0.05) is 12.1 Å². The van der Waals surface area contributed by atoms with Gasteiger partial charge >= 0.3 is 24.2 Å². The molecule has 0 radical (unpaired) electrons. The molecule has 3 unspecified atom stereocenters. The van der Waals surface area contributed by atoms with Gasteiger partial charge in [0.25, 0.3) is 0 Å². The molecule has 3 atom stereocenters. The number of rotatable bonds is 11. The molecule has 45 heavy (non-hydrogen) atoms. The van der Waals surface area contributed by atoms with E-state index in [2.05, 4.69) is 20.5 Å². The normalized spacial score (nSPS) is 19.3. The molecule has 0 aromatic heterocycles. The number of cyclic esters (lactones) is 1. The van der Waals surface area contributed by atoms with E-state index in [1.165, 1.54) is 4.90 Å².